The Morgan fingerprint density at radius 1 is 1.45 bits per heavy atom. The highest BCUT2D eigenvalue weighted by Crippen LogP contribution is 2.40. The Balaban J connectivity index is 1.58. The Hall–Kier alpha value is -2.41. The molecule has 4 rings (SSSR count). The largest absolute Gasteiger partial charge is 0.360 e. The molecule has 0 bridgehead atoms. The van der Waals surface area contributed by atoms with Crippen LogP contribution in [0, 0.1) is 0 Å². The number of aromatic nitrogens is 2. The molecule has 0 saturated heterocycles. The van der Waals surface area contributed by atoms with E-state index < -0.39 is 0 Å². The van der Waals surface area contributed by atoms with Gasteiger partial charge in [0.15, 0.2) is 5.69 Å². The van der Waals surface area contributed by atoms with E-state index in [4.69, 9.17) is 4.52 Å². The molecule has 0 unspecified atom stereocenters. The predicted molar refractivity (Wildman–Crippen MR) is 82.3 cm³/mol. The number of nitrogens with zero attached hydrogens (tertiary/aromatic N) is 3. The molecule has 0 aliphatic heterocycles. The van der Waals surface area contributed by atoms with Gasteiger partial charge >= 0.3 is 0 Å². The first-order chi connectivity index (χ1) is 10.7. The SMILES string of the molecule is Cn1/c(=N\NC(=O)c2cc(C3CC3)on2)sc2ccccc21. The van der Waals surface area contributed by atoms with Crippen LogP contribution < -0.4 is 10.2 Å². The van der Waals surface area contributed by atoms with E-state index in [-0.39, 0.29) is 11.6 Å². The lowest BCUT2D eigenvalue weighted by Crippen LogP contribution is -2.23. The average Bonchev–Trinajstić information content (AvgIpc) is 3.18. The summed E-state index contributed by atoms with van der Waals surface area (Å²) in [6, 6.07) is 9.71. The lowest BCUT2D eigenvalue weighted by atomic mass is 10.3. The fourth-order valence-corrected chi connectivity index (χ4v) is 3.28. The molecule has 2 aromatic heterocycles. The van der Waals surface area contributed by atoms with E-state index >= 15 is 0 Å². The van der Waals surface area contributed by atoms with E-state index in [1.807, 2.05) is 35.9 Å². The number of fused-ring (bicyclic) bond motifs is 1. The van der Waals surface area contributed by atoms with Gasteiger partial charge in [0.2, 0.25) is 4.80 Å². The number of rotatable bonds is 3. The number of amides is 1. The van der Waals surface area contributed by atoms with E-state index in [1.165, 1.54) is 11.3 Å². The molecule has 1 saturated carbocycles. The minimum absolute atomic E-state index is 0.273. The van der Waals surface area contributed by atoms with Crippen molar-refractivity contribution in [1.29, 1.82) is 0 Å². The predicted octanol–water partition coefficient (Wildman–Crippen LogP) is 2.35. The second kappa shape index (κ2) is 5.10. The van der Waals surface area contributed by atoms with Crippen LogP contribution >= 0.6 is 11.3 Å². The van der Waals surface area contributed by atoms with Crippen LogP contribution in [-0.2, 0) is 7.05 Å². The maximum absolute atomic E-state index is 12.1. The molecule has 1 N–H and O–H groups in total. The second-order valence-electron chi connectivity index (χ2n) is 5.35. The summed E-state index contributed by atoms with van der Waals surface area (Å²) in [5.41, 5.74) is 3.90. The molecule has 2 heterocycles. The first-order valence-electron chi connectivity index (χ1n) is 7.07. The Morgan fingerprint density at radius 2 is 2.27 bits per heavy atom. The highest BCUT2D eigenvalue weighted by Gasteiger charge is 2.28. The molecule has 0 atom stereocenters. The maximum atomic E-state index is 12.1. The summed E-state index contributed by atoms with van der Waals surface area (Å²) in [5, 5.41) is 7.99. The molecule has 1 fully saturated rings. The van der Waals surface area contributed by atoms with Crippen molar-refractivity contribution < 1.29 is 9.32 Å². The highest BCUT2D eigenvalue weighted by molar-refractivity contribution is 7.16. The van der Waals surface area contributed by atoms with E-state index in [9.17, 15) is 4.79 Å². The van der Waals surface area contributed by atoms with E-state index in [1.54, 1.807) is 6.07 Å². The van der Waals surface area contributed by atoms with Gasteiger partial charge in [0, 0.05) is 19.0 Å². The van der Waals surface area contributed by atoms with Gasteiger partial charge < -0.3 is 9.09 Å². The first kappa shape index (κ1) is 13.3. The minimum Gasteiger partial charge on any atom is -0.360 e. The van der Waals surface area contributed by atoms with Gasteiger partial charge in [-0.2, -0.15) is 0 Å². The molecule has 0 radical (unpaired) electrons. The zero-order chi connectivity index (χ0) is 15.1. The third kappa shape index (κ3) is 2.33. The van der Waals surface area contributed by atoms with Crippen LogP contribution in [0.4, 0.5) is 0 Å². The molecule has 6 nitrogen and oxygen atoms in total. The summed E-state index contributed by atoms with van der Waals surface area (Å²) in [7, 11) is 1.92. The molecule has 0 spiro atoms. The molecule has 7 heteroatoms. The molecular formula is C15H14N4O2S. The van der Waals surface area contributed by atoms with Crippen LogP contribution in [-0.4, -0.2) is 15.6 Å². The number of carbonyl (C=O) groups excluding carboxylic acids is 1. The second-order valence-corrected chi connectivity index (χ2v) is 6.36. The van der Waals surface area contributed by atoms with Crippen molar-refractivity contribution in [3.63, 3.8) is 0 Å². The molecule has 1 aromatic carbocycles. The van der Waals surface area contributed by atoms with Gasteiger partial charge in [-0.25, -0.2) is 5.43 Å². The fraction of sp³-hybridized carbons (Fsp3) is 0.267. The summed E-state index contributed by atoms with van der Waals surface area (Å²) in [6.45, 7) is 0. The number of thiazole rings is 1. The van der Waals surface area contributed by atoms with Gasteiger partial charge in [-0.1, -0.05) is 28.6 Å². The molecule has 1 aliphatic rings. The Bertz CT molecular complexity index is 917. The lowest BCUT2D eigenvalue weighted by Gasteiger charge is -1.95. The standard InChI is InChI=1S/C15H14N4O2S/c1-19-11-4-2-3-5-13(11)22-15(19)17-16-14(20)10-8-12(21-18-10)9-6-7-9/h2-5,8-9H,6-7H2,1H3,(H,16,20)/b17-15+. The fourth-order valence-electron chi connectivity index (χ4n) is 2.30. The average molecular weight is 314 g/mol. The summed E-state index contributed by atoms with van der Waals surface area (Å²) in [5.74, 6) is 0.872. The minimum atomic E-state index is -0.354. The van der Waals surface area contributed by atoms with Crippen molar-refractivity contribution in [3.05, 3.63) is 46.6 Å². The van der Waals surface area contributed by atoms with Crippen molar-refractivity contribution in [1.82, 2.24) is 15.1 Å². The summed E-state index contributed by atoms with van der Waals surface area (Å²) >= 11 is 1.52. The van der Waals surface area contributed by atoms with Crippen molar-refractivity contribution >= 4 is 27.5 Å². The van der Waals surface area contributed by atoms with Crippen LogP contribution in [0.25, 0.3) is 10.2 Å². The summed E-state index contributed by atoms with van der Waals surface area (Å²) in [4.78, 5) is 12.8. The molecule has 22 heavy (non-hydrogen) atoms. The summed E-state index contributed by atoms with van der Waals surface area (Å²) < 4.78 is 8.24. The zero-order valence-corrected chi connectivity index (χ0v) is 12.8. The molecule has 112 valence electrons. The van der Waals surface area contributed by atoms with E-state index in [0.29, 0.717) is 5.92 Å². The third-order valence-corrected chi connectivity index (χ3v) is 4.82. The number of aryl methyl sites for hydroxylation is 1. The van der Waals surface area contributed by atoms with E-state index in [2.05, 4.69) is 15.7 Å². The first-order valence-corrected chi connectivity index (χ1v) is 7.89. The van der Waals surface area contributed by atoms with Crippen LogP contribution in [0.1, 0.15) is 35.0 Å². The number of hydrogen-bond acceptors (Lipinski definition) is 5. The zero-order valence-electron chi connectivity index (χ0n) is 11.9. The van der Waals surface area contributed by atoms with Crippen molar-refractivity contribution in [2.45, 2.75) is 18.8 Å². The van der Waals surface area contributed by atoms with Gasteiger partial charge in [0.25, 0.3) is 5.91 Å². The maximum Gasteiger partial charge on any atom is 0.293 e. The normalized spacial score (nSPS) is 15.4. The monoisotopic (exact) mass is 314 g/mol. The van der Waals surface area contributed by atoms with Crippen molar-refractivity contribution in [3.8, 4) is 0 Å². The number of carbonyl (C=O) groups is 1. The van der Waals surface area contributed by atoms with Gasteiger partial charge in [0.05, 0.1) is 10.2 Å². The molecule has 3 aromatic rings. The van der Waals surface area contributed by atoms with E-state index in [0.717, 1.165) is 33.6 Å². The Morgan fingerprint density at radius 3 is 3.05 bits per heavy atom. The van der Waals surface area contributed by atoms with Crippen molar-refractivity contribution in [2.75, 3.05) is 0 Å². The highest BCUT2D eigenvalue weighted by atomic mass is 32.1. The number of hydrogen-bond donors (Lipinski definition) is 1. The van der Waals surface area contributed by atoms with Crippen LogP contribution in [0.2, 0.25) is 0 Å². The van der Waals surface area contributed by atoms with Gasteiger partial charge in [0.1, 0.15) is 5.76 Å². The number of para-hydroxylation sites is 1. The Kier molecular flexibility index (Phi) is 3.07. The molecule has 1 aliphatic carbocycles. The quantitative estimate of drug-likeness (QED) is 0.754. The van der Waals surface area contributed by atoms with Gasteiger partial charge in [-0.15, -0.1) is 5.10 Å². The lowest BCUT2D eigenvalue weighted by molar-refractivity contribution is 0.0944. The van der Waals surface area contributed by atoms with Crippen LogP contribution in [0.15, 0.2) is 40.0 Å². The van der Waals surface area contributed by atoms with Crippen LogP contribution in [0.5, 0.6) is 0 Å². The topological polar surface area (TPSA) is 72.4 Å². The van der Waals surface area contributed by atoms with Crippen molar-refractivity contribution in [2.24, 2.45) is 12.1 Å². The molecular weight excluding hydrogens is 300 g/mol. The van der Waals surface area contributed by atoms with Gasteiger partial charge in [-0.3, -0.25) is 4.79 Å². The van der Waals surface area contributed by atoms with Gasteiger partial charge in [-0.05, 0) is 25.0 Å². The smallest absolute Gasteiger partial charge is 0.293 e. The molecule has 1 amide bonds. The number of nitrogens with one attached hydrogen (secondary N) is 1. The number of benzene rings is 1. The Labute approximate surface area is 130 Å². The third-order valence-electron chi connectivity index (χ3n) is 3.71. The van der Waals surface area contributed by atoms with Crippen LogP contribution in [0.3, 0.4) is 0 Å². The summed E-state index contributed by atoms with van der Waals surface area (Å²) in [6.07, 6.45) is 2.22.